The van der Waals surface area contributed by atoms with E-state index < -0.39 is 0 Å². The van der Waals surface area contributed by atoms with Crippen LogP contribution in [0.4, 0.5) is 11.6 Å². The summed E-state index contributed by atoms with van der Waals surface area (Å²) in [6, 6.07) is 14.4. The second kappa shape index (κ2) is 8.70. The molecule has 4 aromatic rings. The molecule has 0 aliphatic carbocycles. The lowest BCUT2D eigenvalue weighted by molar-refractivity contribution is 0.752. The van der Waals surface area contributed by atoms with Crippen molar-refractivity contribution in [1.82, 2.24) is 19.4 Å². The van der Waals surface area contributed by atoms with Crippen LogP contribution in [0, 0.1) is 11.3 Å². The Hall–Kier alpha value is -3.67. The van der Waals surface area contributed by atoms with Gasteiger partial charge in [-0.3, -0.25) is 4.40 Å². The van der Waals surface area contributed by atoms with Gasteiger partial charge in [-0.1, -0.05) is 23.7 Å². The van der Waals surface area contributed by atoms with Gasteiger partial charge < -0.3 is 16.0 Å². The van der Waals surface area contributed by atoms with Crippen LogP contribution < -0.4 is 16.0 Å². The Balaban J connectivity index is 1.40. The summed E-state index contributed by atoms with van der Waals surface area (Å²) in [6.45, 7) is 3.93. The Morgan fingerprint density at radius 2 is 2.03 bits per heavy atom. The quantitative estimate of drug-likeness (QED) is 0.464. The zero-order chi connectivity index (χ0) is 22.9. The van der Waals surface area contributed by atoms with E-state index in [-0.39, 0.29) is 12.1 Å². The topological polar surface area (TPSA) is 108 Å². The molecule has 0 bridgehead atoms. The Labute approximate surface area is 196 Å². The molecular weight excluding hydrogens is 436 g/mol. The molecule has 0 saturated carbocycles. The van der Waals surface area contributed by atoms with Crippen LogP contribution in [0.2, 0.25) is 5.02 Å². The van der Waals surface area contributed by atoms with E-state index in [0.717, 1.165) is 25.1 Å². The van der Waals surface area contributed by atoms with Crippen LogP contribution in [-0.4, -0.2) is 38.5 Å². The minimum atomic E-state index is -0.0303. The monoisotopic (exact) mass is 458 g/mol. The fraction of sp³-hybridized carbons (Fsp3) is 0.250. The maximum atomic E-state index is 9.61. The third-order valence-corrected chi connectivity index (χ3v) is 6.26. The molecule has 0 spiro atoms. The third-order valence-electron chi connectivity index (χ3n) is 5.97. The Morgan fingerprint density at radius 3 is 2.76 bits per heavy atom. The van der Waals surface area contributed by atoms with Gasteiger partial charge in [-0.15, -0.1) is 0 Å². The van der Waals surface area contributed by atoms with Crippen molar-refractivity contribution in [2.24, 2.45) is 5.73 Å². The molecule has 166 valence electrons. The SMILES string of the molecule is C[C@H](Nc1ncc(C#N)c(-c2cnc3c(Cl)cccn23)n1)c1ccc(N2CC[C@H](N)C2)cc1. The fourth-order valence-corrected chi connectivity index (χ4v) is 4.37. The largest absolute Gasteiger partial charge is 0.370 e. The van der Waals surface area contributed by atoms with Gasteiger partial charge in [0.25, 0.3) is 0 Å². The number of nitriles is 1. The first-order chi connectivity index (χ1) is 16.0. The van der Waals surface area contributed by atoms with Crippen LogP contribution in [0.15, 0.2) is 55.0 Å². The highest BCUT2D eigenvalue weighted by Gasteiger charge is 2.20. The number of imidazole rings is 1. The van der Waals surface area contributed by atoms with E-state index in [9.17, 15) is 5.26 Å². The highest BCUT2D eigenvalue weighted by atomic mass is 35.5. The molecule has 1 aliphatic rings. The van der Waals surface area contributed by atoms with Crippen molar-refractivity contribution in [2.45, 2.75) is 25.4 Å². The standard InChI is InChI=1S/C24H23ClN8/c1-15(16-4-6-19(7-5-16)32-10-8-18(27)14-32)30-24-29-12-17(11-26)22(31-24)21-13-28-23-20(25)3-2-9-33(21)23/h2-7,9,12-13,15,18H,8,10,14,27H2,1H3,(H,29,30,31)/t15-,18-/m0/s1. The summed E-state index contributed by atoms with van der Waals surface area (Å²) in [4.78, 5) is 15.7. The highest BCUT2D eigenvalue weighted by Crippen LogP contribution is 2.28. The minimum Gasteiger partial charge on any atom is -0.370 e. The predicted molar refractivity (Wildman–Crippen MR) is 129 cm³/mol. The van der Waals surface area contributed by atoms with E-state index in [1.165, 1.54) is 11.9 Å². The number of pyridine rings is 1. The van der Waals surface area contributed by atoms with Gasteiger partial charge in [0.05, 0.1) is 34.7 Å². The predicted octanol–water partition coefficient (Wildman–Crippen LogP) is 4.03. The lowest BCUT2D eigenvalue weighted by atomic mass is 10.1. The number of anilines is 2. The second-order valence-corrected chi connectivity index (χ2v) is 8.62. The fourth-order valence-electron chi connectivity index (χ4n) is 4.15. The molecule has 5 rings (SSSR count). The van der Waals surface area contributed by atoms with Crippen LogP contribution in [0.3, 0.4) is 0 Å². The normalized spacial score (nSPS) is 16.7. The number of aromatic nitrogens is 4. The molecular formula is C24H23ClN8. The summed E-state index contributed by atoms with van der Waals surface area (Å²) in [6.07, 6.45) is 6.07. The molecule has 1 aliphatic heterocycles. The molecule has 2 atom stereocenters. The van der Waals surface area contributed by atoms with Gasteiger partial charge in [-0.2, -0.15) is 5.26 Å². The number of nitrogens with two attached hydrogens (primary N) is 1. The van der Waals surface area contributed by atoms with Crippen molar-refractivity contribution < 1.29 is 0 Å². The number of fused-ring (bicyclic) bond motifs is 1. The molecule has 3 aromatic heterocycles. The first kappa shape index (κ1) is 21.2. The Morgan fingerprint density at radius 1 is 1.21 bits per heavy atom. The number of rotatable bonds is 5. The lowest BCUT2D eigenvalue weighted by Gasteiger charge is -2.20. The Kier molecular flexibility index (Phi) is 5.58. The number of hydrogen-bond acceptors (Lipinski definition) is 7. The van der Waals surface area contributed by atoms with E-state index in [4.69, 9.17) is 17.3 Å². The summed E-state index contributed by atoms with van der Waals surface area (Å²) < 4.78 is 1.82. The van der Waals surface area contributed by atoms with E-state index in [0.29, 0.717) is 33.6 Å². The van der Waals surface area contributed by atoms with Crippen LogP contribution >= 0.6 is 11.6 Å². The number of nitrogens with one attached hydrogen (secondary N) is 1. The lowest BCUT2D eigenvalue weighted by Crippen LogP contribution is -2.26. The van der Waals surface area contributed by atoms with Crippen LogP contribution in [0.5, 0.6) is 0 Å². The zero-order valence-electron chi connectivity index (χ0n) is 18.1. The van der Waals surface area contributed by atoms with Gasteiger partial charge in [0, 0.05) is 31.0 Å². The van der Waals surface area contributed by atoms with Crippen molar-refractivity contribution in [1.29, 1.82) is 5.26 Å². The second-order valence-electron chi connectivity index (χ2n) is 8.21. The molecule has 0 unspecified atom stereocenters. The molecule has 4 heterocycles. The van der Waals surface area contributed by atoms with Crippen LogP contribution in [-0.2, 0) is 0 Å². The van der Waals surface area contributed by atoms with Gasteiger partial charge >= 0.3 is 0 Å². The summed E-state index contributed by atoms with van der Waals surface area (Å²) in [5.74, 6) is 0.433. The average Bonchev–Trinajstić information content (AvgIpc) is 3.46. The van der Waals surface area contributed by atoms with Crippen LogP contribution in [0.1, 0.15) is 30.5 Å². The van der Waals surface area contributed by atoms with Gasteiger partial charge in [-0.25, -0.2) is 15.0 Å². The summed E-state index contributed by atoms with van der Waals surface area (Å²) in [5, 5.41) is 13.5. The molecule has 1 aromatic carbocycles. The average molecular weight is 459 g/mol. The minimum absolute atomic E-state index is 0.0303. The molecule has 9 heteroatoms. The van der Waals surface area contributed by atoms with Crippen molar-refractivity contribution in [2.75, 3.05) is 23.3 Å². The molecule has 8 nitrogen and oxygen atoms in total. The van der Waals surface area contributed by atoms with Crippen molar-refractivity contribution >= 4 is 28.9 Å². The van der Waals surface area contributed by atoms with E-state index in [2.05, 4.69) is 62.4 Å². The molecule has 0 amide bonds. The summed E-state index contributed by atoms with van der Waals surface area (Å²) >= 11 is 6.26. The molecule has 33 heavy (non-hydrogen) atoms. The zero-order valence-corrected chi connectivity index (χ0v) is 18.9. The van der Waals surface area contributed by atoms with Crippen molar-refractivity contribution in [3.63, 3.8) is 0 Å². The maximum Gasteiger partial charge on any atom is 0.223 e. The number of hydrogen-bond donors (Lipinski definition) is 2. The summed E-state index contributed by atoms with van der Waals surface area (Å²) in [7, 11) is 0. The van der Waals surface area contributed by atoms with Crippen molar-refractivity contribution in [3.05, 3.63) is 71.1 Å². The highest BCUT2D eigenvalue weighted by molar-refractivity contribution is 6.33. The smallest absolute Gasteiger partial charge is 0.223 e. The maximum absolute atomic E-state index is 9.61. The molecule has 1 saturated heterocycles. The molecule has 0 radical (unpaired) electrons. The van der Waals surface area contributed by atoms with E-state index in [1.807, 2.05) is 16.7 Å². The van der Waals surface area contributed by atoms with Gasteiger partial charge in [-0.05, 0) is 43.2 Å². The van der Waals surface area contributed by atoms with Gasteiger partial charge in [0.1, 0.15) is 11.8 Å². The van der Waals surface area contributed by atoms with E-state index in [1.54, 1.807) is 12.3 Å². The first-order valence-electron chi connectivity index (χ1n) is 10.8. The van der Waals surface area contributed by atoms with Crippen LogP contribution in [0.25, 0.3) is 17.0 Å². The number of halogens is 1. The van der Waals surface area contributed by atoms with E-state index >= 15 is 0 Å². The summed E-state index contributed by atoms with van der Waals surface area (Å²) in [5.41, 5.74) is 10.5. The molecule has 1 fully saturated rings. The number of nitrogens with zero attached hydrogens (tertiary/aromatic N) is 6. The molecule has 3 N–H and O–H groups in total. The third kappa shape index (κ3) is 4.09. The Bertz CT molecular complexity index is 1340. The first-order valence-corrected chi connectivity index (χ1v) is 11.2. The van der Waals surface area contributed by atoms with Gasteiger partial charge in [0.2, 0.25) is 5.95 Å². The van der Waals surface area contributed by atoms with Crippen molar-refractivity contribution in [3.8, 4) is 17.5 Å². The van der Waals surface area contributed by atoms with Gasteiger partial charge in [0.15, 0.2) is 5.65 Å². The number of benzene rings is 1.